The molecule has 3 aromatic rings. The van der Waals surface area contributed by atoms with Crippen LogP contribution in [0.25, 0.3) is 5.57 Å². The van der Waals surface area contributed by atoms with Crippen LogP contribution in [0.4, 0.5) is 8.78 Å². The molecule has 0 heterocycles. The monoisotopic (exact) mass is 551 g/mol. The zero-order valence-corrected chi connectivity index (χ0v) is 20.5. The Bertz CT molecular complexity index is 1290. The summed E-state index contributed by atoms with van der Waals surface area (Å²) in [6, 6.07) is 17.8. The summed E-state index contributed by atoms with van der Waals surface area (Å²) in [5.74, 6) is -0.894. The third-order valence-electron chi connectivity index (χ3n) is 4.61. The van der Waals surface area contributed by atoms with Gasteiger partial charge in [-0.2, -0.15) is 0 Å². The molecule has 1 atom stereocenters. The third kappa shape index (κ3) is 7.53. The van der Waals surface area contributed by atoms with Crippen molar-refractivity contribution < 1.29 is 21.4 Å². The molecule has 9 heteroatoms. The molecule has 3 rings (SSSR count). The number of sulfonamides is 1. The minimum absolute atomic E-state index is 0.0179. The van der Waals surface area contributed by atoms with E-state index in [1.165, 1.54) is 48.5 Å². The number of hydrogen-bond donors (Lipinski definition) is 1. The summed E-state index contributed by atoms with van der Waals surface area (Å²) in [5.41, 5.74) is 1.80. The van der Waals surface area contributed by atoms with Crippen molar-refractivity contribution in [3.8, 4) is 0 Å². The van der Waals surface area contributed by atoms with Gasteiger partial charge in [0.05, 0.1) is 22.0 Å². The normalized spacial score (nSPS) is 13.0. The third-order valence-corrected chi connectivity index (χ3v) is 7.59. The van der Waals surface area contributed by atoms with Gasteiger partial charge in [0.1, 0.15) is 11.6 Å². The molecule has 0 amide bonds. The molecule has 1 unspecified atom stereocenters. The van der Waals surface area contributed by atoms with Gasteiger partial charge in [-0.3, -0.25) is 4.21 Å². The number of benzene rings is 3. The molecule has 33 heavy (non-hydrogen) atoms. The molecule has 0 spiro atoms. The van der Waals surface area contributed by atoms with Gasteiger partial charge in [0.25, 0.3) is 0 Å². The largest absolute Gasteiger partial charge is 0.254 e. The van der Waals surface area contributed by atoms with Crippen molar-refractivity contribution in [2.45, 2.75) is 12.3 Å². The molecule has 0 saturated heterocycles. The van der Waals surface area contributed by atoms with Crippen molar-refractivity contribution in [3.05, 3.63) is 122 Å². The van der Waals surface area contributed by atoms with Crippen LogP contribution in [0.5, 0.6) is 0 Å². The first-order chi connectivity index (χ1) is 15.6. The number of hydrogen-bond acceptors (Lipinski definition) is 3. The first kappa shape index (κ1) is 25.2. The topological polar surface area (TPSA) is 63.2 Å². The molecule has 0 aliphatic carbocycles. The molecule has 0 saturated carbocycles. The second kappa shape index (κ2) is 11.1. The van der Waals surface area contributed by atoms with E-state index < -0.39 is 32.5 Å². The van der Waals surface area contributed by atoms with Gasteiger partial charge in [0.15, 0.2) is 0 Å². The number of halogens is 3. The van der Waals surface area contributed by atoms with Crippen LogP contribution in [0.3, 0.4) is 0 Å². The van der Waals surface area contributed by atoms with E-state index in [9.17, 15) is 21.4 Å². The molecule has 0 bridgehead atoms. The Morgan fingerprint density at radius 1 is 0.909 bits per heavy atom. The van der Waals surface area contributed by atoms with Crippen LogP contribution in [0, 0.1) is 11.6 Å². The molecule has 4 nitrogen and oxygen atoms in total. The van der Waals surface area contributed by atoms with E-state index in [0.717, 1.165) is 15.4 Å². The van der Waals surface area contributed by atoms with Gasteiger partial charge in [-0.1, -0.05) is 58.9 Å². The fraction of sp³-hybridized carbons (Fsp3) is 0.0833. The number of nitrogens with one attached hydrogen (secondary N) is 1. The highest BCUT2D eigenvalue weighted by Crippen LogP contribution is 2.27. The Morgan fingerprint density at radius 2 is 1.42 bits per heavy atom. The van der Waals surface area contributed by atoms with Crippen LogP contribution < -0.4 is 4.72 Å². The lowest BCUT2D eigenvalue weighted by Crippen LogP contribution is -2.21. The Kier molecular flexibility index (Phi) is 8.47. The minimum atomic E-state index is -3.97. The molecule has 172 valence electrons. The van der Waals surface area contributed by atoms with Gasteiger partial charge in [0.2, 0.25) is 10.0 Å². The maximum Gasteiger partial charge on any atom is 0.234 e. The van der Waals surface area contributed by atoms with Crippen LogP contribution in [0.2, 0.25) is 0 Å². The van der Waals surface area contributed by atoms with E-state index in [1.54, 1.807) is 24.3 Å². The van der Waals surface area contributed by atoms with E-state index in [-0.39, 0.29) is 22.8 Å². The number of rotatable bonds is 9. The van der Waals surface area contributed by atoms with Gasteiger partial charge in [-0.15, -0.1) is 0 Å². The minimum Gasteiger partial charge on any atom is -0.254 e. The van der Waals surface area contributed by atoms with Gasteiger partial charge in [-0.05, 0) is 53.1 Å². The van der Waals surface area contributed by atoms with Crippen molar-refractivity contribution in [2.75, 3.05) is 0 Å². The zero-order valence-electron chi connectivity index (χ0n) is 17.3. The van der Waals surface area contributed by atoms with Crippen molar-refractivity contribution >= 4 is 42.3 Å². The van der Waals surface area contributed by atoms with Crippen molar-refractivity contribution in [2.24, 2.45) is 0 Å². The predicted molar refractivity (Wildman–Crippen MR) is 132 cm³/mol. The van der Waals surface area contributed by atoms with Crippen LogP contribution in [-0.2, 0) is 33.1 Å². The zero-order chi connectivity index (χ0) is 24.0. The Hall–Kier alpha value is -2.46. The molecular weight excluding hydrogens is 532 g/mol. The summed E-state index contributed by atoms with van der Waals surface area (Å²) in [6.45, 7) is 3.90. The molecule has 0 aromatic heterocycles. The maximum absolute atomic E-state index is 13.4. The van der Waals surface area contributed by atoms with Crippen LogP contribution in [0.1, 0.15) is 16.7 Å². The summed E-state index contributed by atoms with van der Waals surface area (Å²) in [4.78, 5) is 0.0555. The van der Waals surface area contributed by atoms with Gasteiger partial charge >= 0.3 is 0 Å². The molecule has 0 aliphatic heterocycles. The van der Waals surface area contributed by atoms with Crippen LogP contribution in [-0.4, -0.2) is 12.6 Å². The van der Waals surface area contributed by atoms with Crippen LogP contribution in [0.15, 0.2) is 94.2 Å². The highest BCUT2D eigenvalue weighted by molar-refractivity contribution is 9.10. The first-order valence-electron chi connectivity index (χ1n) is 9.67. The molecular formula is C24H20BrF2NO3S2. The fourth-order valence-corrected chi connectivity index (χ4v) is 5.32. The molecule has 0 fully saturated rings. The van der Waals surface area contributed by atoms with E-state index >= 15 is 0 Å². The Labute approximate surface area is 202 Å². The van der Waals surface area contributed by atoms with Crippen molar-refractivity contribution in [1.82, 2.24) is 4.72 Å². The molecule has 1 N–H and O–H groups in total. The summed E-state index contributed by atoms with van der Waals surface area (Å²) in [6.07, 6.45) is 0. The average Bonchev–Trinajstić information content (AvgIpc) is 2.79. The van der Waals surface area contributed by atoms with Crippen LogP contribution >= 0.6 is 15.9 Å². The van der Waals surface area contributed by atoms with E-state index in [4.69, 9.17) is 0 Å². The van der Waals surface area contributed by atoms with E-state index in [0.29, 0.717) is 11.1 Å². The average molecular weight is 552 g/mol. The smallest absolute Gasteiger partial charge is 0.234 e. The summed E-state index contributed by atoms with van der Waals surface area (Å²) in [7, 11) is -5.68. The van der Waals surface area contributed by atoms with Crippen molar-refractivity contribution in [3.63, 3.8) is 0 Å². The Morgan fingerprint density at radius 3 is 2.00 bits per heavy atom. The second-order valence-corrected chi connectivity index (χ2v) is 11.1. The molecule has 0 radical (unpaired) electrons. The number of allylic oxidation sites excluding steroid dienone is 1. The molecule has 3 aromatic carbocycles. The highest BCUT2D eigenvalue weighted by atomic mass is 79.9. The lowest BCUT2D eigenvalue weighted by atomic mass is 10.1. The van der Waals surface area contributed by atoms with Gasteiger partial charge in [-0.25, -0.2) is 21.9 Å². The quantitative estimate of drug-likeness (QED) is 0.349. The molecule has 0 aliphatic rings. The standard InChI is InChI=1S/C24H20BrF2NO3S2/c1-17(32(29)15-19-4-10-22(26)11-5-19)24(20-6-12-23(27)13-7-20)16-33(30,31)28-14-18-2-8-21(25)9-3-18/h2-13,16,28H,1,14-15H2. The van der Waals surface area contributed by atoms with E-state index in [2.05, 4.69) is 27.2 Å². The van der Waals surface area contributed by atoms with Gasteiger partial charge in [0, 0.05) is 21.5 Å². The van der Waals surface area contributed by atoms with E-state index in [1.807, 2.05) is 0 Å². The first-order valence-corrected chi connectivity index (χ1v) is 13.3. The fourth-order valence-electron chi connectivity index (χ4n) is 2.85. The highest BCUT2D eigenvalue weighted by Gasteiger charge is 2.18. The second-order valence-electron chi connectivity index (χ2n) is 7.07. The van der Waals surface area contributed by atoms with Crippen molar-refractivity contribution in [1.29, 1.82) is 0 Å². The Balaban J connectivity index is 1.87. The SMILES string of the molecule is C=C(C(=CS(=O)(=O)NCc1ccc(Br)cc1)c1ccc(F)cc1)S(=O)Cc1ccc(F)cc1. The summed E-state index contributed by atoms with van der Waals surface area (Å²) >= 11 is 3.32. The van der Waals surface area contributed by atoms with Gasteiger partial charge < -0.3 is 0 Å². The lowest BCUT2D eigenvalue weighted by Gasteiger charge is -2.13. The lowest BCUT2D eigenvalue weighted by molar-refractivity contribution is 0.590. The summed E-state index contributed by atoms with van der Waals surface area (Å²) < 4.78 is 68.5. The predicted octanol–water partition coefficient (Wildman–Crippen LogP) is 5.65. The summed E-state index contributed by atoms with van der Waals surface area (Å²) in [5, 5.41) is 0.948. The maximum atomic E-state index is 13.4.